The largest absolute Gasteiger partial charge is 0.379 e. The number of rotatable bonds is 7. The summed E-state index contributed by atoms with van der Waals surface area (Å²) in [6, 6.07) is 4.86. The Balaban J connectivity index is 1.40. The highest BCUT2D eigenvalue weighted by Crippen LogP contribution is 2.19. The Morgan fingerprint density at radius 2 is 2.15 bits per heavy atom. The van der Waals surface area contributed by atoms with Crippen molar-refractivity contribution in [2.45, 2.75) is 13.3 Å². The van der Waals surface area contributed by atoms with E-state index in [0.29, 0.717) is 5.92 Å². The molecular weight excluding hydrogens is 345 g/mol. The third-order valence-electron chi connectivity index (χ3n) is 4.93. The number of hydrogen-bond donors (Lipinski definition) is 3. The van der Waals surface area contributed by atoms with Crippen molar-refractivity contribution in [1.29, 1.82) is 0 Å². The fourth-order valence-corrected chi connectivity index (χ4v) is 3.46. The van der Waals surface area contributed by atoms with Crippen molar-refractivity contribution in [3.8, 4) is 0 Å². The van der Waals surface area contributed by atoms with E-state index in [1.54, 1.807) is 7.05 Å². The molecular formula is C20H30FN5O. The zero-order chi connectivity index (χ0) is 19.1. The van der Waals surface area contributed by atoms with Gasteiger partial charge >= 0.3 is 0 Å². The minimum atomic E-state index is -0.218. The molecule has 1 aliphatic rings. The third-order valence-corrected chi connectivity index (χ3v) is 4.93. The Bertz CT molecular complexity index is 754. The highest BCUT2D eigenvalue weighted by molar-refractivity contribution is 5.83. The molecule has 7 heteroatoms. The number of benzene rings is 1. The van der Waals surface area contributed by atoms with Crippen LogP contribution in [0.3, 0.4) is 0 Å². The predicted octanol–water partition coefficient (Wildman–Crippen LogP) is 1.98. The van der Waals surface area contributed by atoms with Gasteiger partial charge in [0.25, 0.3) is 0 Å². The van der Waals surface area contributed by atoms with Crippen LogP contribution in [-0.2, 0) is 11.2 Å². The summed E-state index contributed by atoms with van der Waals surface area (Å²) in [5.74, 6) is 1.13. The van der Waals surface area contributed by atoms with Crippen LogP contribution >= 0.6 is 0 Å². The van der Waals surface area contributed by atoms with Gasteiger partial charge in [0, 0.05) is 56.9 Å². The van der Waals surface area contributed by atoms with E-state index in [1.165, 1.54) is 17.7 Å². The molecule has 3 N–H and O–H groups in total. The Hall–Kier alpha value is -2.12. The van der Waals surface area contributed by atoms with Gasteiger partial charge in [0.1, 0.15) is 5.82 Å². The van der Waals surface area contributed by atoms with Gasteiger partial charge < -0.3 is 20.4 Å². The van der Waals surface area contributed by atoms with Gasteiger partial charge in [-0.3, -0.25) is 9.89 Å². The van der Waals surface area contributed by atoms with Gasteiger partial charge in [-0.15, -0.1) is 0 Å². The Kier molecular flexibility index (Phi) is 7.06. The fourth-order valence-electron chi connectivity index (χ4n) is 3.46. The lowest BCUT2D eigenvalue weighted by Crippen LogP contribution is -2.44. The van der Waals surface area contributed by atoms with Crippen LogP contribution in [0.15, 0.2) is 29.4 Å². The number of aromatic nitrogens is 1. The molecule has 148 valence electrons. The maximum Gasteiger partial charge on any atom is 0.190 e. The molecule has 27 heavy (non-hydrogen) atoms. The lowest BCUT2D eigenvalue weighted by molar-refractivity contribution is 0.0320. The number of nitrogens with one attached hydrogen (secondary N) is 3. The van der Waals surface area contributed by atoms with E-state index in [0.717, 1.165) is 69.2 Å². The highest BCUT2D eigenvalue weighted by Gasteiger charge is 2.14. The molecule has 0 saturated carbocycles. The topological polar surface area (TPSA) is 64.7 Å². The van der Waals surface area contributed by atoms with Gasteiger partial charge in [0.15, 0.2) is 5.96 Å². The van der Waals surface area contributed by atoms with Crippen molar-refractivity contribution in [1.82, 2.24) is 20.5 Å². The first-order chi connectivity index (χ1) is 13.2. The maximum atomic E-state index is 13.3. The summed E-state index contributed by atoms with van der Waals surface area (Å²) in [6.45, 7) is 8.68. The molecule has 1 fully saturated rings. The summed E-state index contributed by atoms with van der Waals surface area (Å²) in [5.41, 5.74) is 2.01. The van der Waals surface area contributed by atoms with Crippen molar-refractivity contribution in [3.05, 3.63) is 35.8 Å². The van der Waals surface area contributed by atoms with E-state index in [4.69, 9.17) is 4.74 Å². The van der Waals surface area contributed by atoms with E-state index < -0.39 is 0 Å². The number of guanidine groups is 1. The van der Waals surface area contributed by atoms with Crippen molar-refractivity contribution < 1.29 is 9.13 Å². The smallest absolute Gasteiger partial charge is 0.190 e. The second-order valence-electron chi connectivity index (χ2n) is 7.15. The fraction of sp³-hybridized carbons (Fsp3) is 0.550. The second kappa shape index (κ2) is 9.71. The van der Waals surface area contributed by atoms with Crippen LogP contribution in [-0.4, -0.2) is 68.8 Å². The molecule has 1 unspecified atom stereocenters. The van der Waals surface area contributed by atoms with Crippen molar-refractivity contribution in [3.63, 3.8) is 0 Å². The first-order valence-electron chi connectivity index (χ1n) is 9.66. The number of nitrogens with zero attached hydrogens (tertiary/aromatic N) is 2. The molecule has 0 aliphatic carbocycles. The summed E-state index contributed by atoms with van der Waals surface area (Å²) in [7, 11) is 1.79. The van der Waals surface area contributed by atoms with Crippen LogP contribution in [0.5, 0.6) is 0 Å². The van der Waals surface area contributed by atoms with E-state index in [1.807, 2.05) is 12.3 Å². The number of morpholine rings is 1. The summed E-state index contributed by atoms with van der Waals surface area (Å²) < 4.78 is 18.7. The van der Waals surface area contributed by atoms with Gasteiger partial charge in [-0.05, 0) is 36.1 Å². The first-order valence-corrected chi connectivity index (χ1v) is 9.66. The third kappa shape index (κ3) is 5.68. The Labute approximate surface area is 160 Å². The molecule has 1 aromatic heterocycles. The SMILES string of the molecule is CN=C(NCCc1c[nH]c2cc(F)ccc12)NCC(C)CN1CCOCC1. The minimum absolute atomic E-state index is 0.218. The molecule has 0 spiro atoms. The number of aromatic amines is 1. The van der Waals surface area contributed by atoms with E-state index in [2.05, 4.69) is 32.4 Å². The summed E-state index contributed by atoms with van der Waals surface area (Å²) in [5, 5.41) is 7.84. The van der Waals surface area contributed by atoms with Gasteiger partial charge in [-0.2, -0.15) is 0 Å². The van der Waals surface area contributed by atoms with Gasteiger partial charge in [-0.25, -0.2) is 4.39 Å². The normalized spacial score (nSPS) is 17.2. The number of hydrogen-bond acceptors (Lipinski definition) is 3. The average molecular weight is 375 g/mol. The number of ether oxygens (including phenoxy) is 1. The second-order valence-corrected chi connectivity index (χ2v) is 7.15. The van der Waals surface area contributed by atoms with Crippen LogP contribution in [0, 0.1) is 11.7 Å². The minimum Gasteiger partial charge on any atom is -0.379 e. The standard InChI is InChI=1S/C20H30FN5O/c1-15(14-26-7-9-27-10-8-26)12-25-20(22-2)23-6-5-16-13-24-19-11-17(21)3-4-18(16)19/h3-4,11,13,15,24H,5-10,12,14H2,1-2H3,(H2,22,23,25). The van der Waals surface area contributed by atoms with Gasteiger partial charge in [0.2, 0.25) is 0 Å². The van der Waals surface area contributed by atoms with Crippen LogP contribution < -0.4 is 10.6 Å². The number of H-pyrrole nitrogens is 1. The number of fused-ring (bicyclic) bond motifs is 1. The average Bonchev–Trinajstić information content (AvgIpc) is 3.07. The van der Waals surface area contributed by atoms with Crippen LogP contribution in [0.25, 0.3) is 10.9 Å². The molecule has 1 aromatic carbocycles. The first kappa shape index (κ1) is 19.6. The number of aliphatic imine (C=N–C) groups is 1. The molecule has 2 aromatic rings. The molecule has 1 saturated heterocycles. The molecule has 2 heterocycles. The molecule has 1 aliphatic heterocycles. The Morgan fingerprint density at radius 3 is 2.93 bits per heavy atom. The van der Waals surface area contributed by atoms with Crippen LogP contribution in [0.2, 0.25) is 0 Å². The summed E-state index contributed by atoms with van der Waals surface area (Å²) in [4.78, 5) is 9.89. The van der Waals surface area contributed by atoms with E-state index in [-0.39, 0.29) is 5.82 Å². The molecule has 1 atom stereocenters. The Morgan fingerprint density at radius 1 is 1.33 bits per heavy atom. The van der Waals surface area contributed by atoms with E-state index in [9.17, 15) is 4.39 Å². The zero-order valence-corrected chi connectivity index (χ0v) is 16.2. The van der Waals surface area contributed by atoms with Gasteiger partial charge in [-0.1, -0.05) is 6.92 Å². The zero-order valence-electron chi connectivity index (χ0n) is 16.2. The highest BCUT2D eigenvalue weighted by atomic mass is 19.1. The molecule has 0 radical (unpaired) electrons. The maximum absolute atomic E-state index is 13.3. The quantitative estimate of drug-likeness (QED) is 0.512. The molecule has 0 bridgehead atoms. The number of halogens is 1. The lowest BCUT2D eigenvalue weighted by Gasteiger charge is -2.29. The lowest BCUT2D eigenvalue weighted by atomic mass is 10.1. The summed E-state index contributed by atoms with van der Waals surface area (Å²) >= 11 is 0. The van der Waals surface area contributed by atoms with E-state index >= 15 is 0 Å². The van der Waals surface area contributed by atoms with Crippen molar-refractivity contribution in [2.24, 2.45) is 10.9 Å². The van der Waals surface area contributed by atoms with Gasteiger partial charge in [0.05, 0.1) is 13.2 Å². The molecule has 3 rings (SSSR count). The van der Waals surface area contributed by atoms with Crippen LogP contribution in [0.1, 0.15) is 12.5 Å². The molecule has 0 amide bonds. The van der Waals surface area contributed by atoms with Crippen molar-refractivity contribution >= 4 is 16.9 Å². The summed E-state index contributed by atoms with van der Waals surface area (Å²) in [6.07, 6.45) is 2.79. The van der Waals surface area contributed by atoms with Crippen molar-refractivity contribution in [2.75, 3.05) is 53.0 Å². The molecule has 6 nitrogen and oxygen atoms in total. The van der Waals surface area contributed by atoms with Crippen LogP contribution in [0.4, 0.5) is 4.39 Å². The monoisotopic (exact) mass is 375 g/mol. The predicted molar refractivity (Wildman–Crippen MR) is 108 cm³/mol.